The fraction of sp³-hybridized carbons (Fsp3) is 0.316. The first-order valence-corrected chi connectivity index (χ1v) is 7.99. The zero-order valence-electron chi connectivity index (χ0n) is 14.4. The zero-order valence-corrected chi connectivity index (χ0v) is 14.4. The topological polar surface area (TPSA) is 70.6 Å². The second-order valence-corrected chi connectivity index (χ2v) is 6.18. The Morgan fingerprint density at radius 1 is 1.08 bits per heavy atom. The summed E-state index contributed by atoms with van der Waals surface area (Å²) in [6.45, 7) is 2.05. The lowest BCUT2D eigenvalue weighted by molar-refractivity contribution is 0.0624. The maximum Gasteiger partial charge on any atom is 0.315 e. The van der Waals surface area contributed by atoms with E-state index in [0.717, 1.165) is 16.9 Å². The Balaban J connectivity index is 1.77. The quantitative estimate of drug-likeness (QED) is 0.722. The molecule has 2 aromatic rings. The third-order valence-electron chi connectivity index (χ3n) is 3.74. The molecule has 0 fully saturated rings. The van der Waals surface area contributed by atoms with E-state index in [1.165, 1.54) is 12.1 Å². The predicted octanol–water partition coefficient (Wildman–Crippen LogP) is 2.63. The summed E-state index contributed by atoms with van der Waals surface area (Å²) in [5.74, 6) is 0.435. The fourth-order valence-electron chi connectivity index (χ4n) is 2.36. The Bertz CT molecular complexity index is 685. The first kappa shape index (κ1) is 18.7. The minimum atomic E-state index is -1.08. The molecular weight excluding hydrogens is 323 g/mol. The number of benzene rings is 2. The number of amides is 2. The van der Waals surface area contributed by atoms with Crippen LogP contribution in [0.4, 0.5) is 9.18 Å². The molecule has 0 aliphatic heterocycles. The second-order valence-electron chi connectivity index (χ2n) is 6.18. The van der Waals surface area contributed by atoms with Gasteiger partial charge in [-0.2, -0.15) is 0 Å². The van der Waals surface area contributed by atoms with Gasteiger partial charge in [0.1, 0.15) is 11.6 Å². The molecule has 0 radical (unpaired) electrons. The standard InChI is InChI=1S/C19H23FN2O3/c1-19(24,11-14-5-9-17(25-2)10-6-14)13-22-18(23)21-12-15-3-7-16(20)8-4-15/h3-10,24H,11-13H2,1-2H3,(H2,21,22,23)/t19-/m0/s1. The van der Waals surface area contributed by atoms with Crippen LogP contribution in [0.5, 0.6) is 5.75 Å². The van der Waals surface area contributed by atoms with Crippen molar-refractivity contribution in [2.45, 2.75) is 25.5 Å². The number of urea groups is 1. The molecule has 6 heteroatoms. The SMILES string of the molecule is COc1ccc(C[C@](C)(O)CNC(=O)NCc2ccc(F)cc2)cc1. The van der Waals surface area contributed by atoms with E-state index in [9.17, 15) is 14.3 Å². The van der Waals surface area contributed by atoms with Crippen molar-refractivity contribution in [2.24, 2.45) is 0 Å². The molecule has 0 unspecified atom stereocenters. The minimum Gasteiger partial charge on any atom is -0.497 e. The monoisotopic (exact) mass is 346 g/mol. The Kier molecular flexibility index (Phi) is 6.36. The number of carbonyl (C=O) groups is 1. The van der Waals surface area contributed by atoms with E-state index < -0.39 is 5.60 Å². The highest BCUT2D eigenvalue weighted by Crippen LogP contribution is 2.16. The van der Waals surface area contributed by atoms with E-state index in [-0.39, 0.29) is 24.9 Å². The van der Waals surface area contributed by atoms with E-state index in [1.807, 2.05) is 24.3 Å². The average Bonchev–Trinajstić information content (AvgIpc) is 2.60. The molecule has 2 rings (SSSR count). The van der Waals surface area contributed by atoms with Crippen molar-refractivity contribution < 1.29 is 19.0 Å². The normalized spacial score (nSPS) is 13.0. The van der Waals surface area contributed by atoms with Gasteiger partial charge in [-0.1, -0.05) is 24.3 Å². The van der Waals surface area contributed by atoms with Gasteiger partial charge in [0, 0.05) is 19.5 Å². The van der Waals surface area contributed by atoms with Gasteiger partial charge < -0.3 is 20.5 Å². The third kappa shape index (κ3) is 6.43. The number of aliphatic hydroxyl groups is 1. The number of nitrogens with one attached hydrogen (secondary N) is 2. The van der Waals surface area contributed by atoms with Crippen LogP contribution in [0, 0.1) is 5.82 Å². The molecule has 1 atom stereocenters. The van der Waals surface area contributed by atoms with Gasteiger partial charge in [-0.15, -0.1) is 0 Å². The van der Waals surface area contributed by atoms with Crippen LogP contribution in [0.15, 0.2) is 48.5 Å². The van der Waals surface area contributed by atoms with Gasteiger partial charge in [0.25, 0.3) is 0 Å². The van der Waals surface area contributed by atoms with Crippen molar-refractivity contribution in [3.05, 3.63) is 65.5 Å². The summed E-state index contributed by atoms with van der Waals surface area (Å²) in [7, 11) is 1.60. The van der Waals surface area contributed by atoms with E-state index in [1.54, 1.807) is 26.2 Å². The molecule has 2 aromatic carbocycles. The minimum absolute atomic E-state index is 0.105. The first-order chi connectivity index (χ1) is 11.9. The molecule has 25 heavy (non-hydrogen) atoms. The van der Waals surface area contributed by atoms with Gasteiger partial charge in [-0.3, -0.25) is 0 Å². The summed E-state index contributed by atoms with van der Waals surface area (Å²) in [6.07, 6.45) is 0.398. The van der Waals surface area contributed by atoms with Gasteiger partial charge in [-0.05, 0) is 42.3 Å². The Morgan fingerprint density at radius 2 is 1.68 bits per heavy atom. The van der Waals surface area contributed by atoms with Crippen molar-refractivity contribution in [1.82, 2.24) is 10.6 Å². The first-order valence-electron chi connectivity index (χ1n) is 7.99. The molecule has 134 valence electrons. The third-order valence-corrected chi connectivity index (χ3v) is 3.74. The summed E-state index contributed by atoms with van der Waals surface area (Å²) in [5.41, 5.74) is 0.655. The van der Waals surface area contributed by atoms with Gasteiger partial charge in [0.2, 0.25) is 0 Å². The Labute approximate surface area is 146 Å². The molecule has 5 nitrogen and oxygen atoms in total. The van der Waals surface area contributed by atoms with E-state index in [0.29, 0.717) is 6.42 Å². The van der Waals surface area contributed by atoms with Crippen LogP contribution in [0.3, 0.4) is 0 Å². The largest absolute Gasteiger partial charge is 0.497 e. The van der Waals surface area contributed by atoms with Crippen LogP contribution in [-0.4, -0.2) is 30.4 Å². The van der Waals surface area contributed by atoms with E-state index in [4.69, 9.17) is 4.74 Å². The lowest BCUT2D eigenvalue weighted by Crippen LogP contribution is -2.45. The van der Waals surface area contributed by atoms with Crippen molar-refractivity contribution >= 4 is 6.03 Å². The van der Waals surface area contributed by atoms with Crippen molar-refractivity contribution in [2.75, 3.05) is 13.7 Å². The van der Waals surface area contributed by atoms with E-state index >= 15 is 0 Å². The summed E-state index contributed by atoms with van der Waals surface area (Å²) < 4.78 is 17.9. The number of methoxy groups -OCH3 is 1. The van der Waals surface area contributed by atoms with Crippen LogP contribution >= 0.6 is 0 Å². The van der Waals surface area contributed by atoms with Crippen LogP contribution in [0.2, 0.25) is 0 Å². The fourth-order valence-corrected chi connectivity index (χ4v) is 2.36. The van der Waals surface area contributed by atoms with Crippen LogP contribution in [0.25, 0.3) is 0 Å². The molecule has 0 saturated carbocycles. The molecule has 0 saturated heterocycles. The second kappa shape index (κ2) is 8.48. The molecule has 0 aromatic heterocycles. The maximum absolute atomic E-state index is 12.8. The summed E-state index contributed by atoms with van der Waals surface area (Å²) in [6, 6.07) is 12.9. The van der Waals surface area contributed by atoms with Crippen molar-refractivity contribution in [1.29, 1.82) is 0 Å². The molecule has 0 spiro atoms. The maximum atomic E-state index is 12.8. The van der Waals surface area contributed by atoms with Gasteiger partial charge in [0.05, 0.1) is 12.7 Å². The molecule has 0 aliphatic rings. The van der Waals surface area contributed by atoms with E-state index in [2.05, 4.69) is 10.6 Å². The lowest BCUT2D eigenvalue weighted by Gasteiger charge is -2.24. The highest BCUT2D eigenvalue weighted by Gasteiger charge is 2.21. The van der Waals surface area contributed by atoms with Gasteiger partial charge >= 0.3 is 6.03 Å². The number of hydrogen-bond donors (Lipinski definition) is 3. The molecule has 2 amide bonds. The van der Waals surface area contributed by atoms with Crippen LogP contribution in [0.1, 0.15) is 18.1 Å². The molecule has 0 heterocycles. The summed E-state index contributed by atoms with van der Waals surface area (Å²) >= 11 is 0. The molecular formula is C19H23FN2O3. The number of rotatable bonds is 7. The smallest absolute Gasteiger partial charge is 0.315 e. The number of carbonyl (C=O) groups excluding carboxylic acids is 1. The van der Waals surface area contributed by atoms with Crippen LogP contribution < -0.4 is 15.4 Å². The summed E-state index contributed by atoms with van der Waals surface area (Å²) in [4.78, 5) is 11.8. The average molecular weight is 346 g/mol. The lowest BCUT2D eigenvalue weighted by atomic mass is 9.96. The number of halogens is 1. The van der Waals surface area contributed by atoms with Crippen molar-refractivity contribution in [3.8, 4) is 5.75 Å². The van der Waals surface area contributed by atoms with Gasteiger partial charge in [0.15, 0.2) is 0 Å². The number of ether oxygens (including phenoxy) is 1. The molecule has 0 bridgehead atoms. The Hall–Kier alpha value is -2.60. The summed E-state index contributed by atoms with van der Waals surface area (Å²) in [5, 5.41) is 15.8. The zero-order chi connectivity index (χ0) is 18.3. The molecule has 0 aliphatic carbocycles. The number of hydrogen-bond acceptors (Lipinski definition) is 3. The predicted molar refractivity (Wildman–Crippen MR) is 94.0 cm³/mol. The Morgan fingerprint density at radius 3 is 2.28 bits per heavy atom. The highest BCUT2D eigenvalue weighted by molar-refractivity contribution is 5.73. The highest BCUT2D eigenvalue weighted by atomic mass is 19.1. The molecule has 3 N–H and O–H groups in total. The van der Waals surface area contributed by atoms with Crippen molar-refractivity contribution in [3.63, 3.8) is 0 Å². The van der Waals surface area contributed by atoms with Gasteiger partial charge in [-0.25, -0.2) is 9.18 Å². The van der Waals surface area contributed by atoms with Crippen LogP contribution in [-0.2, 0) is 13.0 Å².